The van der Waals surface area contributed by atoms with Crippen LogP contribution in [-0.4, -0.2) is 91.8 Å². The van der Waals surface area contributed by atoms with Crippen molar-refractivity contribution in [1.29, 1.82) is 0 Å². The number of carbonyl (C=O) groups is 3. The number of halogens is 3. The number of esters is 1. The maximum Gasteiger partial charge on any atom is 0.573 e. The minimum Gasteiger partial charge on any atom is -0.431 e. The Morgan fingerprint density at radius 2 is 1.79 bits per heavy atom. The summed E-state index contributed by atoms with van der Waals surface area (Å²) in [7, 11) is -4.23. The molecule has 4 heterocycles. The predicted molar refractivity (Wildman–Crippen MR) is 184 cm³/mol. The number of likely N-dealkylation sites (tertiary alicyclic amines) is 1. The lowest BCUT2D eigenvalue weighted by molar-refractivity contribution is -0.274. The number of hydrogen-bond acceptors (Lipinski definition) is 14. The Morgan fingerprint density at radius 3 is 2.51 bits per heavy atom. The summed E-state index contributed by atoms with van der Waals surface area (Å²) < 4.78 is 90.1. The van der Waals surface area contributed by atoms with Crippen LogP contribution in [0.5, 0.6) is 5.75 Å². The largest absolute Gasteiger partial charge is 0.573 e. The Kier molecular flexibility index (Phi) is 11.5. The van der Waals surface area contributed by atoms with E-state index in [1.165, 1.54) is 31.5 Å². The van der Waals surface area contributed by atoms with E-state index >= 15 is 0 Å². The molecule has 1 unspecified atom stereocenters. The number of carbonyl (C=O) groups excluding carboxylic acids is 3. The van der Waals surface area contributed by atoms with Crippen molar-refractivity contribution in [3.8, 4) is 5.75 Å². The van der Waals surface area contributed by atoms with Crippen LogP contribution in [0.2, 0.25) is 0 Å². The van der Waals surface area contributed by atoms with Gasteiger partial charge in [-0.05, 0) is 74.1 Å². The van der Waals surface area contributed by atoms with Crippen molar-refractivity contribution in [1.82, 2.24) is 19.6 Å². The second-order valence-electron chi connectivity index (χ2n) is 13.0. The molecule has 53 heavy (non-hydrogen) atoms. The van der Waals surface area contributed by atoms with Gasteiger partial charge in [-0.25, -0.2) is 28.0 Å². The SMILES string of the molecule is CC(OC(=O)OC1CCCCC1)OC(=O)[C@@H](Cc1cc2ccnc(N)c2cc1OC(F)(F)F)N1CC[C@H](NS(=O)(=O)c2cnc(N3CCCC3)s2)C1=O. The second kappa shape index (κ2) is 15.9. The molecule has 2 saturated heterocycles. The van der Waals surface area contributed by atoms with Crippen LogP contribution in [0.1, 0.15) is 63.9 Å². The van der Waals surface area contributed by atoms with Crippen LogP contribution in [-0.2, 0) is 40.2 Å². The molecule has 6 rings (SSSR count). The molecule has 3 N–H and O–H groups in total. The number of benzene rings is 1. The van der Waals surface area contributed by atoms with E-state index in [-0.39, 0.29) is 40.0 Å². The fourth-order valence-electron chi connectivity index (χ4n) is 6.72. The number of ether oxygens (including phenoxy) is 4. The van der Waals surface area contributed by atoms with Gasteiger partial charge in [-0.2, -0.15) is 4.72 Å². The number of nitrogen functional groups attached to an aromatic ring is 1. The average molecular weight is 785 g/mol. The Morgan fingerprint density at radius 1 is 1.06 bits per heavy atom. The number of aromatic nitrogens is 2. The fraction of sp³-hybridized carbons (Fsp3) is 0.545. The molecule has 3 aliphatic rings. The number of nitrogens with two attached hydrogens (primary N) is 1. The predicted octanol–water partition coefficient (Wildman–Crippen LogP) is 4.64. The number of nitrogens with zero attached hydrogens (tertiary/aromatic N) is 4. The van der Waals surface area contributed by atoms with Gasteiger partial charge in [-0.3, -0.25) is 4.79 Å². The van der Waals surface area contributed by atoms with Crippen molar-refractivity contribution in [3.63, 3.8) is 0 Å². The standard InChI is InChI=1S/C33H39F3N6O9S2/c1-19(49-32(45)50-22-7-3-2-4-8-22)48-30(44)25(16-21-15-20-9-11-38-28(37)23(20)17-26(21)51-33(34,35)36)42-14-10-24(29(42)43)40-53(46,47)27-18-39-31(52-27)41-12-5-6-13-41/h9,11,15,17-19,22,24-25,40H,2-8,10,12-14,16H2,1H3,(H2,37,38)/t19?,24-,25+/m0/s1. The molecule has 0 spiro atoms. The van der Waals surface area contributed by atoms with E-state index in [1.54, 1.807) is 0 Å². The molecule has 1 aromatic carbocycles. The number of fused-ring (bicyclic) bond motifs is 1. The quantitative estimate of drug-likeness (QED) is 0.191. The summed E-state index contributed by atoms with van der Waals surface area (Å²) in [6.07, 6.45) is -0.156. The number of rotatable bonds is 12. The summed E-state index contributed by atoms with van der Waals surface area (Å²) in [5.41, 5.74) is 5.76. The fourth-order valence-corrected chi connectivity index (χ4v) is 9.13. The Bertz CT molecular complexity index is 1930. The molecular weight excluding hydrogens is 746 g/mol. The molecular formula is C33H39F3N6O9S2. The van der Waals surface area contributed by atoms with Crippen LogP contribution in [0.3, 0.4) is 0 Å². The summed E-state index contributed by atoms with van der Waals surface area (Å²) in [6, 6.07) is 0.909. The number of pyridine rings is 1. The van der Waals surface area contributed by atoms with Gasteiger partial charge < -0.3 is 34.5 Å². The van der Waals surface area contributed by atoms with E-state index in [0.717, 1.165) is 67.5 Å². The molecule has 1 saturated carbocycles. The van der Waals surface area contributed by atoms with Gasteiger partial charge >= 0.3 is 18.5 Å². The van der Waals surface area contributed by atoms with Gasteiger partial charge in [-0.1, -0.05) is 17.8 Å². The molecule has 3 fully saturated rings. The van der Waals surface area contributed by atoms with Crippen molar-refractivity contribution < 1.29 is 54.9 Å². The summed E-state index contributed by atoms with van der Waals surface area (Å²) in [4.78, 5) is 51.3. The molecule has 2 aromatic heterocycles. The maximum absolute atomic E-state index is 13.9. The molecule has 2 aliphatic heterocycles. The van der Waals surface area contributed by atoms with Crippen LogP contribution in [0, 0.1) is 0 Å². The monoisotopic (exact) mass is 784 g/mol. The summed E-state index contributed by atoms with van der Waals surface area (Å²) >= 11 is 0.960. The Hall–Kier alpha value is -4.43. The van der Waals surface area contributed by atoms with Gasteiger partial charge in [0.05, 0.1) is 6.20 Å². The van der Waals surface area contributed by atoms with Gasteiger partial charge in [0.25, 0.3) is 10.0 Å². The average Bonchev–Trinajstić information content (AvgIpc) is 3.87. The molecule has 0 bridgehead atoms. The number of nitrogens with one attached hydrogen (secondary N) is 1. The zero-order valence-corrected chi connectivity index (χ0v) is 30.3. The number of thiazole rings is 1. The zero-order chi connectivity index (χ0) is 37.9. The second-order valence-corrected chi connectivity index (χ2v) is 16.0. The minimum absolute atomic E-state index is 0.0681. The highest BCUT2D eigenvalue weighted by Gasteiger charge is 2.43. The summed E-state index contributed by atoms with van der Waals surface area (Å²) in [5, 5.41) is 1.05. The van der Waals surface area contributed by atoms with Crippen LogP contribution in [0.4, 0.5) is 28.9 Å². The van der Waals surface area contributed by atoms with E-state index < -0.39 is 65.0 Å². The first-order chi connectivity index (χ1) is 25.2. The molecule has 20 heteroatoms. The third kappa shape index (κ3) is 9.39. The van der Waals surface area contributed by atoms with Crippen LogP contribution >= 0.6 is 11.3 Å². The van der Waals surface area contributed by atoms with Crippen LogP contribution in [0.15, 0.2) is 34.8 Å². The van der Waals surface area contributed by atoms with E-state index in [4.69, 9.17) is 19.9 Å². The molecule has 288 valence electrons. The number of anilines is 2. The number of amides is 1. The van der Waals surface area contributed by atoms with Gasteiger partial charge in [0.15, 0.2) is 9.34 Å². The van der Waals surface area contributed by atoms with Gasteiger partial charge in [-0.15, -0.1) is 13.2 Å². The highest BCUT2D eigenvalue weighted by Crippen LogP contribution is 2.35. The number of hydrogen-bond donors (Lipinski definition) is 2. The van der Waals surface area contributed by atoms with Crippen molar-refractivity contribution in [2.24, 2.45) is 0 Å². The molecule has 15 nitrogen and oxygen atoms in total. The van der Waals surface area contributed by atoms with E-state index in [9.17, 15) is 36.0 Å². The maximum atomic E-state index is 13.9. The number of alkyl halides is 3. The third-order valence-corrected chi connectivity index (χ3v) is 12.3. The molecule has 1 aliphatic carbocycles. The number of sulfonamides is 1. The van der Waals surface area contributed by atoms with Crippen molar-refractivity contribution >= 4 is 61.1 Å². The normalized spacial score (nSPS) is 19.7. The highest BCUT2D eigenvalue weighted by atomic mass is 32.2. The van der Waals surface area contributed by atoms with Crippen molar-refractivity contribution in [3.05, 3.63) is 36.2 Å². The first-order valence-electron chi connectivity index (χ1n) is 17.2. The lowest BCUT2D eigenvalue weighted by Gasteiger charge is -2.29. The van der Waals surface area contributed by atoms with Crippen molar-refractivity contribution in [2.75, 3.05) is 30.3 Å². The molecule has 3 aromatic rings. The first kappa shape index (κ1) is 38.3. The lowest BCUT2D eigenvalue weighted by Crippen LogP contribution is -2.49. The van der Waals surface area contributed by atoms with Crippen molar-refractivity contribution in [2.45, 2.75) is 99.8 Å². The first-order valence-corrected chi connectivity index (χ1v) is 19.5. The van der Waals surface area contributed by atoms with E-state index in [0.29, 0.717) is 23.4 Å². The molecule has 1 amide bonds. The molecule has 3 atom stereocenters. The Balaban J connectivity index is 1.24. The van der Waals surface area contributed by atoms with E-state index in [2.05, 4.69) is 19.4 Å². The highest BCUT2D eigenvalue weighted by molar-refractivity contribution is 7.91. The smallest absolute Gasteiger partial charge is 0.431 e. The van der Waals surface area contributed by atoms with Gasteiger partial charge in [0.2, 0.25) is 12.2 Å². The van der Waals surface area contributed by atoms with Crippen LogP contribution in [0.25, 0.3) is 10.8 Å². The molecule has 0 radical (unpaired) electrons. The van der Waals surface area contributed by atoms with Crippen LogP contribution < -0.4 is 20.1 Å². The Labute approximate surface area is 307 Å². The van der Waals surface area contributed by atoms with Gasteiger partial charge in [0.1, 0.15) is 29.8 Å². The van der Waals surface area contributed by atoms with Gasteiger partial charge in [0, 0.05) is 44.6 Å². The summed E-state index contributed by atoms with van der Waals surface area (Å²) in [5.74, 6) is -2.73. The van der Waals surface area contributed by atoms with E-state index in [1.807, 2.05) is 4.90 Å². The zero-order valence-electron chi connectivity index (χ0n) is 28.7. The topological polar surface area (TPSA) is 193 Å². The summed E-state index contributed by atoms with van der Waals surface area (Å²) in [6.45, 7) is 2.56. The third-order valence-electron chi connectivity index (χ3n) is 9.27. The minimum atomic E-state index is -5.14. The lowest BCUT2D eigenvalue weighted by atomic mass is 9.98.